The third-order valence-corrected chi connectivity index (χ3v) is 3.02. The predicted molar refractivity (Wildman–Crippen MR) is 76.7 cm³/mol. The van der Waals surface area contributed by atoms with Crippen LogP contribution in [0.5, 0.6) is 0 Å². The van der Waals surface area contributed by atoms with Gasteiger partial charge in [0.15, 0.2) is 5.84 Å². The smallest absolute Gasteiger partial charge is 0.409 e. The quantitative estimate of drug-likeness (QED) is 0.380. The molecule has 0 aliphatic heterocycles. The monoisotopic (exact) mass is 303 g/mol. The van der Waals surface area contributed by atoms with Crippen LogP contribution in [-0.4, -0.2) is 24.1 Å². The predicted octanol–water partition coefficient (Wildman–Crippen LogP) is 3.28. The van der Waals surface area contributed by atoms with Crippen molar-refractivity contribution in [3.63, 3.8) is 0 Å². The number of benzene rings is 1. The fourth-order valence-electron chi connectivity index (χ4n) is 2.09. The molecule has 7 heteroatoms. The SMILES string of the molecule is CCN(CC(C)C)c1ccc(C(F)(F)F)cc1/C(N)=N/O. The zero-order valence-corrected chi connectivity index (χ0v) is 12.3. The highest BCUT2D eigenvalue weighted by atomic mass is 19.4. The maximum Gasteiger partial charge on any atom is 0.416 e. The summed E-state index contributed by atoms with van der Waals surface area (Å²) in [6.07, 6.45) is -4.47. The lowest BCUT2D eigenvalue weighted by Crippen LogP contribution is -2.30. The molecule has 0 aromatic heterocycles. The van der Waals surface area contributed by atoms with Crippen LogP contribution >= 0.6 is 0 Å². The minimum Gasteiger partial charge on any atom is -0.409 e. The van der Waals surface area contributed by atoms with Crippen LogP contribution in [0.1, 0.15) is 31.9 Å². The van der Waals surface area contributed by atoms with Crippen LogP contribution in [0.2, 0.25) is 0 Å². The van der Waals surface area contributed by atoms with Gasteiger partial charge in [0.1, 0.15) is 0 Å². The minimum atomic E-state index is -4.47. The van der Waals surface area contributed by atoms with Crippen LogP contribution in [0, 0.1) is 5.92 Å². The Morgan fingerprint density at radius 1 is 1.38 bits per heavy atom. The number of amidine groups is 1. The summed E-state index contributed by atoms with van der Waals surface area (Å²) in [5.74, 6) is -0.00862. The molecule has 0 atom stereocenters. The van der Waals surface area contributed by atoms with Gasteiger partial charge in [-0.2, -0.15) is 13.2 Å². The molecule has 1 rings (SSSR count). The maximum absolute atomic E-state index is 12.8. The summed E-state index contributed by atoms with van der Waals surface area (Å²) in [4.78, 5) is 1.90. The Labute approximate surface area is 122 Å². The Morgan fingerprint density at radius 3 is 2.43 bits per heavy atom. The lowest BCUT2D eigenvalue weighted by molar-refractivity contribution is -0.137. The number of alkyl halides is 3. The highest BCUT2D eigenvalue weighted by Crippen LogP contribution is 2.33. The highest BCUT2D eigenvalue weighted by molar-refractivity contribution is 6.02. The third-order valence-electron chi connectivity index (χ3n) is 3.02. The summed E-state index contributed by atoms with van der Waals surface area (Å²) < 4.78 is 38.4. The fourth-order valence-corrected chi connectivity index (χ4v) is 2.09. The van der Waals surface area contributed by atoms with Gasteiger partial charge in [-0.25, -0.2) is 0 Å². The standard InChI is InChI=1S/C14H20F3N3O/c1-4-20(8-9(2)3)12-6-5-10(14(15,16)17)7-11(12)13(18)19-21/h5-7,9,21H,4,8H2,1-3H3,(H2,18,19). The van der Waals surface area contributed by atoms with Gasteiger partial charge < -0.3 is 15.8 Å². The summed E-state index contributed by atoms with van der Waals surface area (Å²) >= 11 is 0. The minimum absolute atomic E-state index is 0.0785. The molecule has 0 aliphatic carbocycles. The van der Waals surface area contributed by atoms with E-state index < -0.39 is 11.7 Å². The molecule has 0 amide bonds. The lowest BCUT2D eigenvalue weighted by atomic mass is 10.0. The van der Waals surface area contributed by atoms with Gasteiger partial charge in [-0.15, -0.1) is 0 Å². The lowest BCUT2D eigenvalue weighted by Gasteiger charge is -2.27. The molecule has 0 saturated carbocycles. The summed E-state index contributed by atoms with van der Waals surface area (Å²) in [5, 5.41) is 11.6. The molecule has 4 nitrogen and oxygen atoms in total. The molecule has 0 aliphatic rings. The van der Waals surface area contributed by atoms with Crippen molar-refractivity contribution in [1.82, 2.24) is 0 Å². The van der Waals surface area contributed by atoms with Gasteiger partial charge in [-0.3, -0.25) is 0 Å². The van der Waals surface area contributed by atoms with Crippen molar-refractivity contribution in [3.8, 4) is 0 Å². The number of halogens is 3. The molecule has 0 bridgehead atoms. The van der Waals surface area contributed by atoms with Crippen molar-refractivity contribution in [2.75, 3.05) is 18.0 Å². The van der Waals surface area contributed by atoms with E-state index in [1.165, 1.54) is 6.07 Å². The van der Waals surface area contributed by atoms with Gasteiger partial charge in [0.25, 0.3) is 0 Å². The van der Waals surface area contributed by atoms with Crippen LogP contribution in [0.4, 0.5) is 18.9 Å². The molecule has 0 unspecified atom stereocenters. The van der Waals surface area contributed by atoms with E-state index in [0.29, 0.717) is 24.7 Å². The van der Waals surface area contributed by atoms with Gasteiger partial charge in [0.05, 0.1) is 5.56 Å². The third kappa shape index (κ3) is 4.27. The van der Waals surface area contributed by atoms with Gasteiger partial charge >= 0.3 is 6.18 Å². The zero-order valence-electron chi connectivity index (χ0n) is 12.3. The van der Waals surface area contributed by atoms with Gasteiger partial charge in [0.2, 0.25) is 0 Å². The summed E-state index contributed by atoms with van der Waals surface area (Å²) in [5.41, 5.74) is 5.31. The number of hydrogen-bond donors (Lipinski definition) is 2. The van der Waals surface area contributed by atoms with Crippen molar-refractivity contribution in [3.05, 3.63) is 29.3 Å². The first kappa shape index (κ1) is 17.1. The Bertz CT molecular complexity index is 513. The number of nitrogens with two attached hydrogens (primary N) is 1. The normalized spacial score (nSPS) is 12.8. The zero-order chi connectivity index (χ0) is 16.2. The van der Waals surface area contributed by atoms with Gasteiger partial charge in [-0.1, -0.05) is 19.0 Å². The van der Waals surface area contributed by atoms with E-state index in [-0.39, 0.29) is 11.4 Å². The van der Waals surface area contributed by atoms with Crippen molar-refractivity contribution in [1.29, 1.82) is 0 Å². The Morgan fingerprint density at radius 2 is 2.00 bits per heavy atom. The summed E-state index contributed by atoms with van der Waals surface area (Å²) in [6.45, 7) is 7.19. The second-order valence-electron chi connectivity index (χ2n) is 5.15. The van der Waals surface area contributed by atoms with Crippen molar-refractivity contribution < 1.29 is 18.4 Å². The first-order valence-electron chi connectivity index (χ1n) is 6.64. The van der Waals surface area contributed by atoms with Crippen molar-refractivity contribution in [2.45, 2.75) is 26.9 Å². The number of nitrogens with zero attached hydrogens (tertiary/aromatic N) is 2. The van der Waals surface area contributed by atoms with Crippen molar-refractivity contribution >= 4 is 11.5 Å². The topological polar surface area (TPSA) is 61.8 Å². The molecule has 118 valence electrons. The molecule has 0 radical (unpaired) electrons. The second-order valence-corrected chi connectivity index (χ2v) is 5.15. The molecule has 0 saturated heterocycles. The average Bonchev–Trinajstić information content (AvgIpc) is 2.42. The molecule has 0 fully saturated rings. The maximum atomic E-state index is 12.8. The van der Waals surface area contributed by atoms with Crippen LogP contribution in [0.3, 0.4) is 0 Å². The molecule has 3 N–H and O–H groups in total. The van der Waals surface area contributed by atoms with Crippen LogP contribution in [0.15, 0.2) is 23.4 Å². The van der Waals surface area contributed by atoms with E-state index in [9.17, 15) is 13.2 Å². The Hall–Kier alpha value is -1.92. The van der Waals surface area contributed by atoms with Crippen LogP contribution < -0.4 is 10.6 Å². The van der Waals surface area contributed by atoms with Crippen LogP contribution in [0.25, 0.3) is 0 Å². The highest BCUT2D eigenvalue weighted by Gasteiger charge is 2.31. The van der Waals surface area contributed by atoms with Crippen molar-refractivity contribution in [2.24, 2.45) is 16.8 Å². The molecular weight excluding hydrogens is 283 g/mol. The first-order valence-corrected chi connectivity index (χ1v) is 6.64. The Kier molecular flexibility index (Phi) is 5.46. The summed E-state index contributed by atoms with van der Waals surface area (Å²) in [6, 6.07) is 3.28. The molecule has 1 aromatic rings. The van der Waals surface area contributed by atoms with Gasteiger partial charge in [-0.05, 0) is 31.0 Å². The average molecular weight is 303 g/mol. The largest absolute Gasteiger partial charge is 0.416 e. The summed E-state index contributed by atoms with van der Waals surface area (Å²) in [7, 11) is 0. The second kappa shape index (κ2) is 6.69. The molecule has 21 heavy (non-hydrogen) atoms. The van der Waals surface area contributed by atoms with E-state index in [1.54, 1.807) is 0 Å². The molecule has 0 spiro atoms. The number of hydrogen-bond acceptors (Lipinski definition) is 3. The van der Waals surface area contributed by atoms with E-state index in [4.69, 9.17) is 10.9 Å². The fraction of sp³-hybridized carbons (Fsp3) is 0.500. The van der Waals surface area contributed by atoms with Gasteiger partial charge in [0, 0.05) is 24.3 Å². The molecular formula is C14H20F3N3O. The van der Waals surface area contributed by atoms with E-state index in [1.807, 2.05) is 25.7 Å². The van der Waals surface area contributed by atoms with E-state index in [0.717, 1.165) is 12.1 Å². The number of oxime groups is 1. The first-order chi connectivity index (χ1) is 9.70. The number of anilines is 1. The van der Waals surface area contributed by atoms with Crippen LogP contribution in [-0.2, 0) is 6.18 Å². The molecule has 0 heterocycles. The van der Waals surface area contributed by atoms with E-state index in [2.05, 4.69) is 5.16 Å². The molecule has 1 aromatic carbocycles. The van der Waals surface area contributed by atoms with E-state index >= 15 is 0 Å². The number of rotatable bonds is 5. The Balaban J connectivity index is 3.37.